The number of aromatic amines is 2. The van der Waals surface area contributed by atoms with Crippen molar-refractivity contribution in [1.29, 1.82) is 0 Å². The summed E-state index contributed by atoms with van der Waals surface area (Å²) in [6.07, 6.45) is 5.20. The number of aryl methyl sites for hydroxylation is 1. The van der Waals surface area contributed by atoms with E-state index < -0.39 is 0 Å². The number of rotatable bonds is 11. The molecule has 0 saturated carbocycles. The van der Waals surface area contributed by atoms with E-state index in [-0.39, 0.29) is 6.10 Å². The molecule has 0 bridgehead atoms. The van der Waals surface area contributed by atoms with Crippen molar-refractivity contribution in [2.24, 2.45) is 7.05 Å². The van der Waals surface area contributed by atoms with E-state index in [0.29, 0.717) is 18.4 Å². The van der Waals surface area contributed by atoms with E-state index in [1.165, 1.54) is 0 Å². The quantitative estimate of drug-likeness (QED) is 0.310. The zero-order valence-corrected chi connectivity index (χ0v) is 22.4. The molecular weight excluding hydrogens is 456 g/mol. The summed E-state index contributed by atoms with van der Waals surface area (Å²) in [5.74, 6) is 1.34. The van der Waals surface area contributed by atoms with Crippen LogP contribution in [0.3, 0.4) is 0 Å². The molecule has 10 heteroatoms. The highest BCUT2D eigenvalue weighted by molar-refractivity contribution is 5.89. The van der Waals surface area contributed by atoms with E-state index >= 15 is 0 Å². The van der Waals surface area contributed by atoms with Crippen molar-refractivity contribution in [3.63, 3.8) is 0 Å². The van der Waals surface area contributed by atoms with Crippen LogP contribution in [0.15, 0.2) is 25.0 Å². The summed E-state index contributed by atoms with van der Waals surface area (Å²) in [6, 6.07) is 1.99. The summed E-state index contributed by atoms with van der Waals surface area (Å²) >= 11 is 0. The Bertz CT molecular complexity index is 1270. The number of ether oxygens (including phenoxy) is 2. The first-order chi connectivity index (χ1) is 17.4. The van der Waals surface area contributed by atoms with Crippen LogP contribution in [-0.4, -0.2) is 65.9 Å². The third-order valence-electron chi connectivity index (χ3n) is 5.83. The topological polar surface area (TPSA) is 110 Å². The molecule has 0 aliphatic carbocycles. The third-order valence-corrected chi connectivity index (χ3v) is 5.83. The molecule has 0 saturated heterocycles. The zero-order valence-electron chi connectivity index (χ0n) is 22.4. The van der Waals surface area contributed by atoms with Crippen LogP contribution < -0.4 is 9.47 Å². The van der Waals surface area contributed by atoms with Gasteiger partial charge in [0.1, 0.15) is 6.10 Å². The first-order valence-electron chi connectivity index (χ1n) is 12.5. The molecule has 4 heterocycles. The zero-order chi connectivity index (χ0) is 26.2. The van der Waals surface area contributed by atoms with Gasteiger partial charge in [-0.15, -0.1) is 5.10 Å². The summed E-state index contributed by atoms with van der Waals surface area (Å²) in [4.78, 5) is 6.90. The third kappa shape index (κ3) is 5.76. The number of nitrogens with one attached hydrogen (secondary N) is 2. The molecule has 0 aromatic carbocycles. The summed E-state index contributed by atoms with van der Waals surface area (Å²) < 4.78 is 13.7. The van der Waals surface area contributed by atoms with Gasteiger partial charge in [-0.3, -0.25) is 20.1 Å². The predicted molar refractivity (Wildman–Crippen MR) is 143 cm³/mol. The fourth-order valence-electron chi connectivity index (χ4n) is 3.95. The first kappa shape index (κ1) is 26.9. The lowest BCUT2D eigenvalue weighted by Crippen LogP contribution is -2.34. The van der Waals surface area contributed by atoms with Gasteiger partial charge in [-0.25, -0.2) is 4.68 Å². The lowest BCUT2D eigenvalue weighted by molar-refractivity contribution is 0.135. The average molecular weight is 495 g/mol. The molecule has 4 aromatic heterocycles. The van der Waals surface area contributed by atoms with Gasteiger partial charge in [0.25, 0.3) is 0 Å². The summed E-state index contributed by atoms with van der Waals surface area (Å²) in [6.45, 7) is 19.0. The summed E-state index contributed by atoms with van der Waals surface area (Å²) in [7, 11) is 1.87. The Morgan fingerprint density at radius 1 is 1.19 bits per heavy atom. The molecule has 10 nitrogen and oxygen atoms in total. The van der Waals surface area contributed by atoms with Gasteiger partial charge in [0.15, 0.2) is 0 Å². The molecule has 0 spiro atoms. The van der Waals surface area contributed by atoms with Gasteiger partial charge >= 0.3 is 0 Å². The first-order valence-corrected chi connectivity index (χ1v) is 12.5. The molecule has 1 atom stereocenters. The number of hydrogen-bond donors (Lipinski definition) is 2. The number of likely N-dealkylation sites (N-methyl/N-ethyl adjacent to an activating group) is 1. The molecule has 2 N–H and O–H groups in total. The second-order valence-corrected chi connectivity index (χ2v) is 8.24. The van der Waals surface area contributed by atoms with Gasteiger partial charge < -0.3 is 9.47 Å². The Morgan fingerprint density at radius 2 is 1.97 bits per heavy atom. The van der Waals surface area contributed by atoms with Crippen LogP contribution in [0.5, 0.6) is 11.8 Å². The minimum Gasteiger partial charge on any atom is -0.477 e. The number of H-pyrrole nitrogens is 2. The lowest BCUT2D eigenvalue weighted by Gasteiger charge is -2.25. The normalized spacial score (nSPS) is 11.9. The molecule has 0 radical (unpaired) electrons. The average Bonchev–Trinajstić information content (AvgIpc) is 3.57. The Hall–Kier alpha value is -3.66. The molecule has 0 amide bonds. The van der Waals surface area contributed by atoms with Crippen molar-refractivity contribution in [2.45, 2.75) is 54.2 Å². The van der Waals surface area contributed by atoms with Crippen molar-refractivity contribution in [3.8, 4) is 23.0 Å². The maximum Gasteiger partial charge on any atom is 0.235 e. The highest BCUT2D eigenvalue weighted by Gasteiger charge is 2.20. The Balaban J connectivity index is 0.00000176. The molecular formula is C26H38N8O2. The summed E-state index contributed by atoms with van der Waals surface area (Å²) in [5, 5.41) is 20.0. The van der Waals surface area contributed by atoms with Gasteiger partial charge in [0, 0.05) is 31.1 Å². The largest absolute Gasteiger partial charge is 0.477 e. The number of nitrogens with zero attached hydrogens (tertiary/aromatic N) is 6. The monoisotopic (exact) mass is 494 g/mol. The number of pyridine rings is 1. The second kappa shape index (κ2) is 12.3. The SMILES string of the molecule is C=Cc1n[nH]c2cnc(-c3cnn(C)c3OC(C)CN(CC)Cc3[nH]nc(OCC)c3C)cc12.CC. The number of fused-ring (bicyclic) bond motifs is 1. The molecule has 4 rings (SSSR count). The van der Waals surface area contributed by atoms with Gasteiger partial charge in [-0.2, -0.15) is 10.2 Å². The van der Waals surface area contributed by atoms with Crippen LogP contribution in [0.25, 0.3) is 28.2 Å². The standard InChI is InChI=1S/C24H32N8O2.C2H6/c1-7-19-17-10-20(25-12-21(17)28-27-19)18-11-26-31(6)24(18)34-15(4)13-32(8-2)14-22-16(5)23(30-29-22)33-9-3;1-2/h7,10-12,15H,1,8-9,13-14H2,2-6H3,(H,27,28)(H,29,30);1-2H3. The predicted octanol–water partition coefficient (Wildman–Crippen LogP) is 4.75. The maximum atomic E-state index is 6.39. The van der Waals surface area contributed by atoms with Crippen LogP contribution in [0, 0.1) is 6.92 Å². The lowest BCUT2D eigenvalue weighted by atomic mass is 10.1. The van der Waals surface area contributed by atoms with Crippen molar-refractivity contribution in [3.05, 3.63) is 42.0 Å². The van der Waals surface area contributed by atoms with Gasteiger partial charge in [0.2, 0.25) is 11.8 Å². The Labute approximate surface area is 212 Å². The number of hydrogen-bond acceptors (Lipinski definition) is 7. The maximum absolute atomic E-state index is 6.39. The number of aromatic nitrogens is 7. The molecule has 36 heavy (non-hydrogen) atoms. The second-order valence-electron chi connectivity index (χ2n) is 8.24. The Morgan fingerprint density at radius 3 is 2.67 bits per heavy atom. The van der Waals surface area contributed by atoms with Crippen LogP contribution in [0.2, 0.25) is 0 Å². The van der Waals surface area contributed by atoms with Crippen LogP contribution in [0.4, 0.5) is 0 Å². The van der Waals surface area contributed by atoms with Crippen molar-refractivity contribution in [1.82, 2.24) is 40.1 Å². The van der Waals surface area contributed by atoms with Crippen molar-refractivity contribution >= 4 is 17.0 Å². The van der Waals surface area contributed by atoms with Crippen molar-refractivity contribution < 1.29 is 9.47 Å². The highest BCUT2D eigenvalue weighted by atomic mass is 16.5. The minimum absolute atomic E-state index is 0.0786. The van der Waals surface area contributed by atoms with E-state index in [0.717, 1.165) is 58.7 Å². The van der Waals surface area contributed by atoms with Gasteiger partial charge in [-0.1, -0.05) is 27.4 Å². The van der Waals surface area contributed by atoms with E-state index in [1.807, 2.05) is 40.8 Å². The van der Waals surface area contributed by atoms with Crippen LogP contribution in [0.1, 0.15) is 51.6 Å². The molecule has 194 valence electrons. The van der Waals surface area contributed by atoms with Crippen LogP contribution >= 0.6 is 0 Å². The summed E-state index contributed by atoms with van der Waals surface area (Å²) in [5.41, 5.74) is 5.35. The van der Waals surface area contributed by atoms with E-state index in [2.05, 4.69) is 55.8 Å². The molecule has 0 fully saturated rings. The van der Waals surface area contributed by atoms with E-state index in [4.69, 9.17) is 9.47 Å². The molecule has 1 unspecified atom stereocenters. The van der Waals surface area contributed by atoms with E-state index in [1.54, 1.807) is 23.2 Å². The minimum atomic E-state index is -0.0786. The van der Waals surface area contributed by atoms with Crippen molar-refractivity contribution in [2.75, 3.05) is 19.7 Å². The fourth-order valence-corrected chi connectivity index (χ4v) is 3.95. The van der Waals surface area contributed by atoms with Crippen LogP contribution in [-0.2, 0) is 13.6 Å². The molecule has 0 aliphatic rings. The van der Waals surface area contributed by atoms with Gasteiger partial charge in [0.05, 0.1) is 47.2 Å². The fraction of sp³-hybridized carbons (Fsp3) is 0.462. The van der Waals surface area contributed by atoms with E-state index in [9.17, 15) is 0 Å². The highest BCUT2D eigenvalue weighted by Crippen LogP contribution is 2.31. The smallest absolute Gasteiger partial charge is 0.235 e. The van der Waals surface area contributed by atoms with Gasteiger partial charge in [-0.05, 0) is 39.5 Å². The molecule has 4 aromatic rings. The molecule has 0 aliphatic heterocycles. The Kier molecular flexibility index (Phi) is 9.24.